The van der Waals surface area contributed by atoms with Gasteiger partial charge in [-0.3, -0.25) is 9.59 Å². The van der Waals surface area contributed by atoms with Gasteiger partial charge >= 0.3 is 5.97 Å². The lowest BCUT2D eigenvalue weighted by molar-refractivity contribution is -0.143. The Morgan fingerprint density at radius 3 is 0.824 bits per heavy atom. The summed E-state index contributed by atoms with van der Waals surface area (Å²) in [5.74, 6) is -0.00524. The van der Waals surface area contributed by atoms with Gasteiger partial charge in [0.1, 0.15) is 0 Å². The fraction of sp³-hybridized carbons (Fsp3) is 0.971. The van der Waals surface area contributed by atoms with Gasteiger partial charge in [-0.05, 0) is 25.7 Å². The molecule has 0 rings (SSSR count). The smallest absolute Gasteiger partial charge is 0.305 e. The van der Waals surface area contributed by atoms with E-state index >= 15 is 0 Å². The molecule has 0 bridgehead atoms. The van der Waals surface area contributed by atoms with Crippen LogP contribution in [0.15, 0.2) is 0 Å². The summed E-state index contributed by atoms with van der Waals surface area (Å²) in [6.07, 6.45) is 77.2. The summed E-state index contributed by atoms with van der Waals surface area (Å²) < 4.78 is 5.50. The number of ether oxygens (including phenoxy) is 1. The Morgan fingerprint density at radius 1 is 0.324 bits per heavy atom. The highest BCUT2D eigenvalue weighted by molar-refractivity contribution is 5.76. The highest BCUT2D eigenvalue weighted by atomic mass is 16.5. The highest BCUT2D eigenvalue weighted by Gasteiger charge is 2.20. The lowest BCUT2D eigenvalue weighted by atomic mass is 10.0. The summed E-state index contributed by atoms with van der Waals surface area (Å²) in [5.41, 5.74) is 0. The molecular weight excluding hydrogens is 911 g/mol. The highest BCUT2D eigenvalue weighted by Crippen LogP contribution is 2.19. The second-order valence-corrected chi connectivity index (χ2v) is 23.9. The number of aliphatic hydroxyl groups excluding tert-OH is 2. The van der Waals surface area contributed by atoms with Gasteiger partial charge in [0.25, 0.3) is 0 Å². The third-order valence-electron chi connectivity index (χ3n) is 16.4. The number of rotatable bonds is 65. The van der Waals surface area contributed by atoms with Crippen LogP contribution in [-0.2, 0) is 14.3 Å². The van der Waals surface area contributed by atoms with Gasteiger partial charge in [-0.1, -0.05) is 361 Å². The number of carbonyl (C=O) groups excluding carboxylic acids is 2. The summed E-state index contributed by atoms with van der Waals surface area (Å²) in [6, 6.07) is -0.536. The molecule has 1 amide bonds. The van der Waals surface area contributed by atoms with Crippen LogP contribution in [0.25, 0.3) is 0 Å². The Hall–Kier alpha value is -1.14. The van der Waals surface area contributed by atoms with E-state index in [0.29, 0.717) is 25.9 Å². The van der Waals surface area contributed by atoms with Crippen molar-refractivity contribution in [2.45, 2.75) is 411 Å². The molecule has 0 fully saturated rings. The third-order valence-corrected chi connectivity index (χ3v) is 16.4. The van der Waals surface area contributed by atoms with Crippen LogP contribution in [0, 0.1) is 0 Å². The summed E-state index contributed by atoms with van der Waals surface area (Å²) in [6.45, 7) is 4.99. The van der Waals surface area contributed by atoms with Crippen LogP contribution in [0.2, 0.25) is 0 Å². The quantitative estimate of drug-likeness (QED) is 0.0417. The predicted molar refractivity (Wildman–Crippen MR) is 324 cm³/mol. The predicted octanol–water partition coefficient (Wildman–Crippen LogP) is 21.8. The van der Waals surface area contributed by atoms with E-state index in [-0.39, 0.29) is 18.5 Å². The van der Waals surface area contributed by atoms with Crippen LogP contribution in [0.5, 0.6) is 0 Å². The van der Waals surface area contributed by atoms with Crippen LogP contribution < -0.4 is 5.32 Å². The summed E-state index contributed by atoms with van der Waals surface area (Å²) >= 11 is 0. The number of aliphatic hydroxyl groups is 2. The molecule has 0 spiro atoms. The molecule has 6 heteroatoms. The average Bonchev–Trinajstić information content (AvgIpc) is 3.40. The van der Waals surface area contributed by atoms with Crippen LogP contribution >= 0.6 is 0 Å². The zero-order valence-corrected chi connectivity index (χ0v) is 50.6. The van der Waals surface area contributed by atoms with Crippen molar-refractivity contribution in [2.24, 2.45) is 0 Å². The minimum atomic E-state index is -0.659. The normalized spacial score (nSPS) is 12.4. The maximum absolute atomic E-state index is 12.5. The Bertz CT molecular complexity index is 1070. The number of esters is 1. The molecule has 6 nitrogen and oxygen atoms in total. The molecule has 0 aromatic rings. The fourth-order valence-electron chi connectivity index (χ4n) is 11.2. The Labute approximate surface area is 464 Å². The number of carbonyl (C=O) groups is 2. The SMILES string of the molecule is CCCCCCCCCCCCCCCCCCC(=O)OCCCCCCCCCCCCCCCCCCCCCCCCCCCCCCCC(=O)NC(CO)C(O)CCCCCCCCCCCCCC. The summed E-state index contributed by atoms with van der Waals surface area (Å²) in [4.78, 5) is 24.6. The topological polar surface area (TPSA) is 95.9 Å². The summed E-state index contributed by atoms with van der Waals surface area (Å²) in [5, 5.41) is 23.3. The van der Waals surface area contributed by atoms with Gasteiger partial charge in [0, 0.05) is 12.8 Å². The van der Waals surface area contributed by atoms with E-state index in [1.807, 2.05) is 0 Å². The molecule has 0 heterocycles. The van der Waals surface area contributed by atoms with E-state index in [2.05, 4.69) is 19.2 Å². The van der Waals surface area contributed by atoms with Crippen molar-refractivity contribution in [1.82, 2.24) is 5.32 Å². The first-order valence-corrected chi connectivity index (χ1v) is 34.3. The molecule has 2 atom stereocenters. The van der Waals surface area contributed by atoms with Crippen LogP contribution in [0.1, 0.15) is 399 Å². The molecule has 442 valence electrons. The monoisotopic (exact) mass is 1050 g/mol. The van der Waals surface area contributed by atoms with E-state index in [4.69, 9.17) is 4.74 Å². The molecule has 0 radical (unpaired) electrons. The van der Waals surface area contributed by atoms with E-state index in [1.165, 1.54) is 327 Å². The number of unbranched alkanes of at least 4 members (excludes halogenated alkanes) is 54. The minimum absolute atomic E-state index is 0.0240. The molecule has 0 aliphatic rings. The van der Waals surface area contributed by atoms with Gasteiger partial charge in [0.2, 0.25) is 5.91 Å². The van der Waals surface area contributed by atoms with Gasteiger partial charge in [-0.2, -0.15) is 0 Å². The molecule has 74 heavy (non-hydrogen) atoms. The van der Waals surface area contributed by atoms with Crippen LogP contribution in [-0.4, -0.2) is 47.4 Å². The van der Waals surface area contributed by atoms with E-state index in [1.54, 1.807) is 0 Å². The van der Waals surface area contributed by atoms with Crippen molar-refractivity contribution in [3.05, 3.63) is 0 Å². The van der Waals surface area contributed by atoms with Crippen molar-refractivity contribution in [3.8, 4) is 0 Å². The third kappa shape index (κ3) is 60.1. The first-order chi connectivity index (χ1) is 36.5. The number of nitrogens with one attached hydrogen (secondary N) is 1. The van der Waals surface area contributed by atoms with Gasteiger partial charge in [0.15, 0.2) is 0 Å². The molecule has 0 saturated carbocycles. The number of hydrogen-bond acceptors (Lipinski definition) is 5. The van der Waals surface area contributed by atoms with Crippen LogP contribution in [0.4, 0.5) is 0 Å². The molecule has 3 N–H and O–H groups in total. The molecule has 2 unspecified atom stereocenters. The second-order valence-electron chi connectivity index (χ2n) is 23.9. The average molecular weight is 1050 g/mol. The van der Waals surface area contributed by atoms with E-state index in [0.717, 1.165) is 38.5 Å². The van der Waals surface area contributed by atoms with Crippen molar-refractivity contribution in [1.29, 1.82) is 0 Å². The van der Waals surface area contributed by atoms with Crippen LogP contribution in [0.3, 0.4) is 0 Å². The largest absolute Gasteiger partial charge is 0.466 e. The number of amides is 1. The maximum atomic E-state index is 12.5. The second kappa shape index (κ2) is 64.4. The Morgan fingerprint density at radius 2 is 0.554 bits per heavy atom. The zero-order valence-electron chi connectivity index (χ0n) is 50.6. The van der Waals surface area contributed by atoms with E-state index in [9.17, 15) is 19.8 Å². The molecular formula is C68H135NO5. The van der Waals surface area contributed by atoms with Crippen molar-refractivity contribution >= 4 is 11.9 Å². The van der Waals surface area contributed by atoms with Crippen molar-refractivity contribution in [3.63, 3.8) is 0 Å². The minimum Gasteiger partial charge on any atom is -0.466 e. The molecule has 0 saturated heterocycles. The maximum Gasteiger partial charge on any atom is 0.305 e. The van der Waals surface area contributed by atoms with E-state index < -0.39 is 12.1 Å². The lowest BCUT2D eigenvalue weighted by Gasteiger charge is -2.22. The van der Waals surface area contributed by atoms with Crippen molar-refractivity contribution < 1.29 is 24.5 Å². The molecule has 0 aliphatic carbocycles. The molecule has 0 aliphatic heterocycles. The van der Waals surface area contributed by atoms with Crippen molar-refractivity contribution in [2.75, 3.05) is 13.2 Å². The Balaban J connectivity index is 3.29. The van der Waals surface area contributed by atoms with Gasteiger partial charge < -0.3 is 20.3 Å². The lowest BCUT2D eigenvalue weighted by Crippen LogP contribution is -2.45. The zero-order chi connectivity index (χ0) is 53.6. The Kier molecular flexibility index (Phi) is 63.4. The van der Waals surface area contributed by atoms with Gasteiger partial charge in [-0.15, -0.1) is 0 Å². The first kappa shape index (κ1) is 72.9. The molecule has 0 aromatic heterocycles. The number of hydrogen-bond donors (Lipinski definition) is 3. The van der Waals surface area contributed by atoms with Gasteiger partial charge in [0.05, 0.1) is 25.4 Å². The summed E-state index contributed by atoms with van der Waals surface area (Å²) in [7, 11) is 0. The standard InChI is InChI=1S/C68H135NO5/c1-3-5-7-9-11-13-15-17-18-35-38-42-46-50-54-58-62-68(73)74-63-59-55-51-47-43-39-36-33-31-29-27-25-23-21-19-20-22-24-26-28-30-32-34-37-41-45-49-53-57-61-67(72)69-65(64-70)66(71)60-56-52-48-44-40-16-14-12-10-8-6-4-2/h65-66,70-71H,3-64H2,1-2H3,(H,69,72). The van der Waals surface area contributed by atoms with Gasteiger partial charge in [-0.25, -0.2) is 0 Å². The fourth-order valence-corrected chi connectivity index (χ4v) is 11.2. The first-order valence-electron chi connectivity index (χ1n) is 34.3. The molecule has 0 aromatic carbocycles.